The largest absolute Gasteiger partial charge is 0.336 e. The van der Waals surface area contributed by atoms with Crippen LogP contribution < -0.4 is 5.32 Å². The molecule has 0 bridgehead atoms. The summed E-state index contributed by atoms with van der Waals surface area (Å²) in [7, 11) is 0. The molecule has 2 aliphatic heterocycles. The number of likely N-dealkylation sites (tertiary alicyclic amines) is 2. The van der Waals surface area contributed by atoms with Gasteiger partial charge in [0.15, 0.2) is 0 Å². The van der Waals surface area contributed by atoms with E-state index in [1.165, 1.54) is 38.8 Å². The smallest absolute Gasteiger partial charge is 0.317 e. The molecule has 2 amide bonds. The van der Waals surface area contributed by atoms with Crippen molar-refractivity contribution in [3.8, 4) is 0 Å². The molecule has 0 radical (unpaired) electrons. The van der Waals surface area contributed by atoms with Crippen LogP contribution in [0.5, 0.6) is 0 Å². The molecule has 2 heterocycles. The third-order valence-electron chi connectivity index (χ3n) is 5.24. The number of nitrogens with one attached hydrogen (secondary N) is 1. The van der Waals surface area contributed by atoms with Gasteiger partial charge in [-0.3, -0.25) is 4.90 Å². The molecule has 0 aromatic heterocycles. The molecule has 0 spiro atoms. The SMILES string of the molecule is CCC1CCCN(C(=O)NCC(C)N2CCCC(C)C2)C1. The highest BCUT2D eigenvalue weighted by Crippen LogP contribution is 2.19. The van der Waals surface area contributed by atoms with E-state index in [2.05, 4.69) is 31.0 Å². The lowest BCUT2D eigenvalue weighted by atomic mass is 9.96. The van der Waals surface area contributed by atoms with E-state index in [1.807, 2.05) is 4.90 Å². The van der Waals surface area contributed by atoms with Gasteiger partial charge in [-0.2, -0.15) is 0 Å². The van der Waals surface area contributed by atoms with E-state index in [9.17, 15) is 4.79 Å². The fraction of sp³-hybridized carbons (Fsp3) is 0.941. The second-order valence-electron chi connectivity index (χ2n) is 7.14. The second-order valence-corrected chi connectivity index (χ2v) is 7.14. The molecule has 3 atom stereocenters. The van der Waals surface area contributed by atoms with Crippen molar-refractivity contribution in [1.29, 1.82) is 0 Å². The number of carbonyl (C=O) groups is 1. The molecular weight excluding hydrogens is 262 g/mol. The highest BCUT2D eigenvalue weighted by atomic mass is 16.2. The molecule has 2 fully saturated rings. The van der Waals surface area contributed by atoms with E-state index in [-0.39, 0.29) is 6.03 Å². The summed E-state index contributed by atoms with van der Waals surface area (Å²) in [6.07, 6.45) is 6.27. The molecule has 4 heteroatoms. The minimum atomic E-state index is 0.144. The molecule has 122 valence electrons. The van der Waals surface area contributed by atoms with E-state index in [4.69, 9.17) is 0 Å². The fourth-order valence-corrected chi connectivity index (χ4v) is 3.68. The molecular formula is C17H33N3O. The molecule has 4 nitrogen and oxygen atoms in total. The Kier molecular flexibility index (Phi) is 6.34. The summed E-state index contributed by atoms with van der Waals surface area (Å²) in [5, 5.41) is 3.15. The first-order valence-corrected chi connectivity index (χ1v) is 8.87. The number of nitrogens with zero attached hydrogens (tertiary/aromatic N) is 2. The van der Waals surface area contributed by atoms with Crippen molar-refractivity contribution in [3.63, 3.8) is 0 Å². The van der Waals surface area contributed by atoms with Crippen molar-refractivity contribution < 1.29 is 4.79 Å². The highest BCUT2D eigenvalue weighted by Gasteiger charge is 2.24. The normalized spacial score (nSPS) is 29.2. The van der Waals surface area contributed by atoms with Crippen LogP contribution in [0, 0.1) is 11.8 Å². The van der Waals surface area contributed by atoms with Crippen LogP contribution >= 0.6 is 0 Å². The molecule has 21 heavy (non-hydrogen) atoms. The second kappa shape index (κ2) is 8.02. The summed E-state index contributed by atoms with van der Waals surface area (Å²) in [6, 6.07) is 0.591. The standard InChI is InChI=1S/C17H33N3O/c1-4-16-8-6-10-20(13-16)17(21)18-11-15(3)19-9-5-7-14(2)12-19/h14-16H,4-13H2,1-3H3,(H,18,21). The van der Waals surface area contributed by atoms with Crippen molar-refractivity contribution in [1.82, 2.24) is 15.1 Å². The van der Waals surface area contributed by atoms with E-state index in [0.717, 1.165) is 32.0 Å². The van der Waals surface area contributed by atoms with Crippen LogP contribution in [0.4, 0.5) is 4.79 Å². The molecule has 2 aliphatic rings. The van der Waals surface area contributed by atoms with Crippen LogP contribution in [0.3, 0.4) is 0 Å². The van der Waals surface area contributed by atoms with Gasteiger partial charge in [-0.15, -0.1) is 0 Å². The Morgan fingerprint density at radius 3 is 2.71 bits per heavy atom. The number of piperidine rings is 2. The van der Waals surface area contributed by atoms with Gasteiger partial charge in [0.05, 0.1) is 0 Å². The summed E-state index contributed by atoms with van der Waals surface area (Å²) in [6.45, 7) is 11.8. The Labute approximate surface area is 130 Å². The van der Waals surface area contributed by atoms with Crippen molar-refractivity contribution in [2.45, 2.75) is 58.9 Å². The van der Waals surface area contributed by atoms with Gasteiger partial charge in [0.2, 0.25) is 0 Å². The van der Waals surface area contributed by atoms with Crippen LogP contribution in [-0.2, 0) is 0 Å². The van der Waals surface area contributed by atoms with E-state index in [0.29, 0.717) is 12.0 Å². The first-order valence-electron chi connectivity index (χ1n) is 8.87. The summed E-state index contributed by atoms with van der Waals surface area (Å²) < 4.78 is 0. The molecule has 0 aromatic carbocycles. The number of hydrogen-bond acceptors (Lipinski definition) is 2. The molecule has 0 saturated carbocycles. The fourth-order valence-electron chi connectivity index (χ4n) is 3.68. The van der Waals surface area contributed by atoms with E-state index in [1.54, 1.807) is 0 Å². The van der Waals surface area contributed by atoms with Gasteiger partial charge in [0.1, 0.15) is 0 Å². The number of rotatable bonds is 4. The zero-order valence-corrected chi connectivity index (χ0v) is 14.1. The Balaban J connectivity index is 1.72. The van der Waals surface area contributed by atoms with Crippen LogP contribution in [0.15, 0.2) is 0 Å². The van der Waals surface area contributed by atoms with Gasteiger partial charge in [-0.05, 0) is 51.0 Å². The summed E-state index contributed by atoms with van der Waals surface area (Å²) in [5.41, 5.74) is 0. The van der Waals surface area contributed by atoms with Gasteiger partial charge < -0.3 is 10.2 Å². The highest BCUT2D eigenvalue weighted by molar-refractivity contribution is 5.74. The van der Waals surface area contributed by atoms with Crippen molar-refractivity contribution in [2.24, 2.45) is 11.8 Å². The van der Waals surface area contributed by atoms with Crippen LogP contribution in [-0.4, -0.2) is 54.6 Å². The van der Waals surface area contributed by atoms with Gasteiger partial charge in [0, 0.05) is 32.2 Å². The van der Waals surface area contributed by atoms with E-state index < -0.39 is 0 Å². The predicted molar refractivity (Wildman–Crippen MR) is 87.4 cm³/mol. The first kappa shape index (κ1) is 16.6. The number of urea groups is 1. The molecule has 2 saturated heterocycles. The molecule has 0 aliphatic carbocycles. The topological polar surface area (TPSA) is 35.6 Å². The van der Waals surface area contributed by atoms with Crippen LogP contribution in [0.1, 0.15) is 52.9 Å². The third-order valence-corrected chi connectivity index (χ3v) is 5.24. The van der Waals surface area contributed by atoms with Crippen LogP contribution in [0.25, 0.3) is 0 Å². The zero-order chi connectivity index (χ0) is 15.2. The first-order chi connectivity index (χ1) is 10.1. The maximum Gasteiger partial charge on any atom is 0.317 e. The Bertz CT molecular complexity index is 334. The van der Waals surface area contributed by atoms with E-state index >= 15 is 0 Å². The van der Waals surface area contributed by atoms with Crippen LogP contribution in [0.2, 0.25) is 0 Å². The monoisotopic (exact) mass is 295 g/mol. The zero-order valence-electron chi connectivity index (χ0n) is 14.1. The molecule has 2 rings (SSSR count). The Hall–Kier alpha value is -0.770. The third kappa shape index (κ3) is 4.87. The summed E-state index contributed by atoms with van der Waals surface area (Å²) in [4.78, 5) is 16.9. The minimum absolute atomic E-state index is 0.144. The number of carbonyl (C=O) groups excluding carboxylic acids is 1. The number of amides is 2. The average molecular weight is 295 g/mol. The number of hydrogen-bond donors (Lipinski definition) is 1. The van der Waals surface area contributed by atoms with Gasteiger partial charge >= 0.3 is 6.03 Å². The maximum absolute atomic E-state index is 12.3. The molecule has 1 N–H and O–H groups in total. The quantitative estimate of drug-likeness (QED) is 0.865. The molecule has 0 aromatic rings. The lowest BCUT2D eigenvalue weighted by molar-refractivity contribution is 0.131. The van der Waals surface area contributed by atoms with Crippen molar-refractivity contribution in [2.75, 3.05) is 32.7 Å². The average Bonchev–Trinajstić information content (AvgIpc) is 2.52. The Morgan fingerprint density at radius 1 is 1.24 bits per heavy atom. The Morgan fingerprint density at radius 2 is 2.00 bits per heavy atom. The lowest BCUT2D eigenvalue weighted by Gasteiger charge is -2.36. The van der Waals surface area contributed by atoms with Gasteiger partial charge in [-0.25, -0.2) is 4.79 Å². The summed E-state index contributed by atoms with van der Waals surface area (Å²) >= 11 is 0. The lowest BCUT2D eigenvalue weighted by Crippen LogP contribution is -2.50. The van der Waals surface area contributed by atoms with Gasteiger partial charge in [0.25, 0.3) is 0 Å². The van der Waals surface area contributed by atoms with Crippen molar-refractivity contribution in [3.05, 3.63) is 0 Å². The minimum Gasteiger partial charge on any atom is -0.336 e. The van der Waals surface area contributed by atoms with Gasteiger partial charge in [-0.1, -0.05) is 20.3 Å². The maximum atomic E-state index is 12.3. The predicted octanol–water partition coefficient (Wildman–Crippen LogP) is 2.94. The summed E-state index contributed by atoms with van der Waals surface area (Å²) in [5.74, 6) is 1.49. The molecule has 3 unspecified atom stereocenters. The van der Waals surface area contributed by atoms with Crippen molar-refractivity contribution >= 4 is 6.03 Å².